The van der Waals surface area contributed by atoms with Gasteiger partial charge in [0.25, 0.3) is 11.8 Å². The molecule has 0 spiro atoms. The highest BCUT2D eigenvalue weighted by Crippen LogP contribution is 2.30. The molecule has 5 nitrogen and oxygen atoms in total. The molecule has 0 radical (unpaired) electrons. The van der Waals surface area contributed by atoms with Gasteiger partial charge in [-0.2, -0.15) is 0 Å². The highest BCUT2D eigenvalue weighted by atomic mass is 35.5. The first kappa shape index (κ1) is 18.6. The zero-order valence-corrected chi connectivity index (χ0v) is 16.4. The second-order valence-corrected chi connectivity index (χ2v) is 7.78. The summed E-state index contributed by atoms with van der Waals surface area (Å²) in [5.41, 5.74) is 3.24. The summed E-state index contributed by atoms with van der Waals surface area (Å²) >= 11 is 5.91. The van der Waals surface area contributed by atoms with Crippen molar-refractivity contribution < 1.29 is 9.59 Å². The predicted octanol–water partition coefficient (Wildman–Crippen LogP) is 5.05. The Balaban J connectivity index is 1.69. The highest BCUT2D eigenvalue weighted by molar-refractivity contribution is 6.30. The van der Waals surface area contributed by atoms with E-state index in [2.05, 4.69) is 15.6 Å². The Kier molecular flexibility index (Phi) is 5.09. The average Bonchev–Trinajstić information content (AvgIpc) is 3.30. The molecule has 3 aromatic rings. The third-order valence-electron chi connectivity index (χ3n) is 5.22. The van der Waals surface area contributed by atoms with Crippen LogP contribution < -0.4 is 10.6 Å². The number of benzene rings is 2. The Labute approximate surface area is 168 Å². The lowest BCUT2D eigenvalue weighted by atomic mass is 10.1. The van der Waals surface area contributed by atoms with Crippen molar-refractivity contribution >= 4 is 40.0 Å². The summed E-state index contributed by atoms with van der Waals surface area (Å²) in [5, 5.41) is 7.40. The highest BCUT2D eigenvalue weighted by Gasteiger charge is 2.24. The minimum Gasteiger partial charge on any atom is -0.349 e. The van der Waals surface area contributed by atoms with E-state index in [4.69, 9.17) is 11.6 Å². The quantitative estimate of drug-likeness (QED) is 0.578. The number of nitrogens with one attached hydrogen (secondary N) is 3. The van der Waals surface area contributed by atoms with E-state index >= 15 is 0 Å². The molecule has 2 aromatic carbocycles. The zero-order valence-electron chi connectivity index (χ0n) is 15.6. The van der Waals surface area contributed by atoms with Crippen LogP contribution in [0.15, 0.2) is 42.5 Å². The van der Waals surface area contributed by atoms with Gasteiger partial charge in [0, 0.05) is 27.5 Å². The summed E-state index contributed by atoms with van der Waals surface area (Å²) in [6.45, 7) is 1.98. The second kappa shape index (κ2) is 7.68. The molecule has 144 valence electrons. The molecule has 3 N–H and O–H groups in total. The van der Waals surface area contributed by atoms with Gasteiger partial charge in [0.2, 0.25) is 0 Å². The van der Waals surface area contributed by atoms with Crippen LogP contribution in [0.2, 0.25) is 5.02 Å². The normalized spacial score (nSPS) is 14.4. The van der Waals surface area contributed by atoms with Crippen LogP contribution in [-0.2, 0) is 0 Å². The molecule has 0 saturated heterocycles. The largest absolute Gasteiger partial charge is 0.349 e. The number of aromatic nitrogens is 1. The lowest BCUT2D eigenvalue weighted by molar-refractivity contribution is 0.0934. The van der Waals surface area contributed by atoms with Gasteiger partial charge in [-0.05, 0) is 56.2 Å². The first-order valence-electron chi connectivity index (χ1n) is 9.51. The fraction of sp³-hybridized carbons (Fsp3) is 0.273. The standard InChI is InChI=1S/C22H22ClN3O2/c1-13-6-11-18-17(12-13)19(26-21(27)14-7-9-15(23)10-8-14)20(25-18)22(28)24-16-4-2-3-5-16/h6-12,16,25H,2-5H2,1H3,(H,24,28)(H,26,27). The van der Waals surface area contributed by atoms with E-state index in [0.29, 0.717) is 22.0 Å². The van der Waals surface area contributed by atoms with E-state index in [1.165, 1.54) is 0 Å². The molecule has 0 atom stereocenters. The number of carbonyl (C=O) groups is 2. The number of aromatic amines is 1. The Morgan fingerprint density at radius 2 is 1.75 bits per heavy atom. The number of amides is 2. The van der Waals surface area contributed by atoms with Crippen molar-refractivity contribution in [3.05, 3.63) is 64.3 Å². The molecule has 1 heterocycles. The zero-order chi connectivity index (χ0) is 19.7. The van der Waals surface area contributed by atoms with Gasteiger partial charge in [0.15, 0.2) is 0 Å². The maximum Gasteiger partial charge on any atom is 0.270 e. The van der Waals surface area contributed by atoms with E-state index in [0.717, 1.165) is 42.1 Å². The van der Waals surface area contributed by atoms with Crippen LogP contribution in [0, 0.1) is 6.92 Å². The minimum absolute atomic E-state index is 0.188. The fourth-order valence-corrected chi connectivity index (χ4v) is 3.85. The van der Waals surface area contributed by atoms with Crippen LogP contribution in [0.5, 0.6) is 0 Å². The predicted molar refractivity (Wildman–Crippen MR) is 112 cm³/mol. The van der Waals surface area contributed by atoms with Crippen molar-refractivity contribution in [1.82, 2.24) is 10.3 Å². The molecule has 1 fully saturated rings. The van der Waals surface area contributed by atoms with Crippen LogP contribution in [0.1, 0.15) is 52.1 Å². The molecule has 6 heteroatoms. The van der Waals surface area contributed by atoms with E-state index < -0.39 is 0 Å². The first-order valence-corrected chi connectivity index (χ1v) is 9.89. The molecule has 0 bridgehead atoms. The topological polar surface area (TPSA) is 74.0 Å². The molecule has 28 heavy (non-hydrogen) atoms. The number of hydrogen-bond donors (Lipinski definition) is 3. The number of anilines is 1. The van der Waals surface area contributed by atoms with Crippen LogP contribution in [0.4, 0.5) is 5.69 Å². The van der Waals surface area contributed by atoms with Crippen LogP contribution in [-0.4, -0.2) is 22.8 Å². The molecule has 4 rings (SSSR count). The van der Waals surface area contributed by atoms with Crippen molar-refractivity contribution in [2.24, 2.45) is 0 Å². The van der Waals surface area contributed by atoms with Crippen LogP contribution in [0.25, 0.3) is 10.9 Å². The molecule has 0 unspecified atom stereocenters. The number of halogens is 1. The molecular weight excluding hydrogens is 374 g/mol. The summed E-state index contributed by atoms with van der Waals surface area (Å²) in [7, 11) is 0. The van der Waals surface area contributed by atoms with Gasteiger partial charge in [0.1, 0.15) is 5.69 Å². The summed E-state index contributed by atoms with van der Waals surface area (Å²) in [4.78, 5) is 28.9. The third-order valence-corrected chi connectivity index (χ3v) is 5.47. The van der Waals surface area contributed by atoms with Crippen LogP contribution >= 0.6 is 11.6 Å². The van der Waals surface area contributed by atoms with Crippen molar-refractivity contribution in [3.63, 3.8) is 0 Å². The number of aryl methyl sites for hydroxylation is 1. The van der Waals surface area contributed by atoms with Gasteiger partial charge >= 0.3 is 0 Å². The smallest absolute Gasteiger partial charge is 0.270 e. The molecule has 2 amide bonds. The van der Waals surface area contributed by atoms with E-state index in [-0.39, 0.29) is 17.9 Å². The lowest BCUT2D eigenvalue weighted by Gasteiger charge is -2.13. The third kappa shape index (κ3) is 3.76. The first-order chi connectivity index (χ1) is 13.5. The van der Waals surface area contributed by atoms with Crippen molar-refractivity contribution in [3.8, 4) is 0 Å². The van der Waals surface area contributed by atoms with Crippen molar-refractivity contribution in [1.29, 1.82) is 0 Å². The minimum atomic E-state index is -0.283. The number of H-pyrrole nitrogens is 1. The average molecular weight is 396 g/mol. The van der Waals surface area contributed by atoms with Gasteiger partial charge in [-0.3, -0.25) is 9.59 Å². The maximum atomic E-state index is 12.9. The lowest BCUT2D eigenvalue weighted by Crippen LogP contribution is -2.33. The van der Waals surface area contributed by atoms with Gasteiger partial charge in [-0.1, -0.05) is 36.1 Å². The SMILES string of the molecule is Cc1ccc2[nH]c(C(=O)NC3CCCC3)c(NC(=O)c3ccc(Cl)cc3)c2c1. The molecular formula is C22H22ClN3O2. The monoisotopic (exact) mass is 395 g/mol. The number of rotatable bonds is 4. The molecule has 1 aliphatic carbocycles. The molecule has 1 aromatic heterocycles. The fourth-order valence-electron chi connectivity index (χ4n) is 3.72. The maximum absolute atomic E-state index is 12.9. The Morgan fingerprint density at radius 1 is 1.04 bits per heavy atom. The van der Waals surface area contributed by atoms with Gasteiger partial charge in [0.05, 0.1) is 5.69 Å². The van der Waals surface area contributed by atoms with E-state index in [1.807, 2.05) is 25.1 Å². The van der Waals surface area contributed by atoms with Crippen molar-refractivity contribution in [2.75, 3.05) is 5.32 Å². The number of carbonyl (C=O) groups excluding carboxylic acids is 2. The molecule has 1 aliphatic rings. The summed E-state index contributed by atoms with van der Waals surface area (Å²) in [6, 6.07) is 12.7. The van der Waals surface area contributed by atoms with E-state index in [9.17, 15) is 9.59 Å². The van der Waals surface area contributed by atoms with Gasteiger partial charge in [-0.15, -0.1) is 0 Å². The number of fused-ring (bicyclic) bond motifs is 1. The number of hydrogen-bond acceptors (Lipinski definition) is 2. The summed E-state index contributed by atoms with van der Waals surface area (Å²) in [6.07, 6.45) is 4.27. The Morgan fingerprint density at radius 3 is 2.46 bits per heavy atom. The summed E-state index contributed by atoms with van der Waals surface area (Å²) < 4.78 is 0. The van der Waals surface area contributed by atoms with Gasteiger partial charge < -0.3 is 15.6 Å². The molecule has 0 aliphatic heterocycles. The summed E-state index contributed by atoms with van der Waals surface area (Å²) in [5.74, 6) is -0.471. The Bertz CT molecular complexity index is 1030. The second-order valence-electron chi connectivity index (χ2n) is 7.34. The van der Waals surface area contributed by atoms with Gasteiger partial charge in [-0.25, -0.2) is 0 Å². The van der Waals surface area contributed by atoms with Crippen LogP contribution in [0.3, 0.4) is 0 Å². The van der Waals surface area contributed by atoms with E-state index in [1.54, 1.807) is 24.3 Å². The van der Waals surface area contributed by atoms with Crippen molar-refractivity contribution in [2.45, 2.75) is 38.6 Å². The Hall–Kier alpha value is -2.79. The molecule has 1 saturated carbocycles.